The van der Waals surface area contributed by atoms with Gasteiger partial charge in [-0.2, -0.15) is 0 Å². The molecule has 1 aromatic heterocycles. The van der Waals surface area contributed by atoms with Crippen molar-refractivity contribution in [1.82, 2.24) is 9.80 Å². The van der Waals surface area contributed by atoms with E-state index in [9.17, 15) is 9.59 Å². The van der Waals surface area contributed by atoms with Crippen molar-refractivity contribution in [3.05, 3.63) is 82.0 Å². The molecule has 0 bridgehead atoms. The fraction of sp³-hybridized carbons (Fsp3) is 0.357. The van der Waals surface area contributed by atoms with Gasteiger partial charge in [-0.3, -0.25) is 9.59 Å². The molecule has 0 radical (unpaired) electrons. The van der Waals surface area contributed by atoms with Crippen LogP contribution in [0.4, 0.5) is 0 Å². The van der Waals surface area contributed by atoms with Crippen LogP contribution in [0.15, 0.2) is 66.0 Å². The molecule has 35 heavy (non-hydrogen) atoms. The van der Waals surface area contributed by atoms with Gasteiger partial charge >= 0.3 is 0 Å². The molecule has 1 aliphatic heterocycles. The minimum atomic E-state index is -0.170. The van der Waals surface area contributed by atoms with E-state index in [1.807, 2.05) is 35.2 Å². The highest BCUT2D eigenvalue weighted by Crippen LogP contribution is 2.35. The van der Waals surface area contributed by atoms with E-state index in [2.05, 4.69) is 11.4 Å². The van der Waals surface area contributed by atoms with E-state index >= 15 is 0 Å². The average molecular weight is 491 g/mol. The molecule has 1 saturated carbocycles. The van der Waals surface area contributed by atoms with E-state index in [1.165, 1.54) is 4.88 Å². The van der Waals surface area contributed by atoms with Gasteiger partial charge in [0.2, 0.25) is 5.91 Å². The Morgan fingerprint density at radius 3 is 2.51 bits per heavy atom. The third-order valence-corrected chi connectivity index (χ3v) is 7.69. The molecule has 7 heteroatoms. The number of hydrogen-bond donors (Lipinski definition) is 0. The molecule has 1 unspecified atom stereocenters. The van der Waals surface area contributed by atoms with E-state index < -0.39 is 0 Å². The summed E-state index contributed by atoms with van der Waals surface area (Å²) in [5.74, 6) is 1.82. The maximum Gasteiger partial charge on any atom is 0.254 e. The van der Waals surface area contributed by atoms with Crippen molar-refractivity contribution in [2.75, 3.05) is 33.4 Å². The Hall–Kier alpha value is -3.32. The summed E-state index contributed by atoms with van der Waals surface area (Å²) < 4.78 is 11.3. The topological polar surface area (TPSA) is 59.1 Å². The van der Waals surface area contributed by atoms with Crippen LogP contribution in [0.5, 0.6) is 11.5 Å². The molecule has 2 aromatic carbocycles. The average Bonchev–Trinajstić information content (AvgIpc) is 3.59. The van der Waals surface area contributed by atoms with Crippen LogP contribution < -0.4 is 9.47 Å². The Bertz CT molecular complexity index is 1160. The van der Waals surface area contributed by atoms with Gasteiger partial charge in [-0.1, -0.05) is 18.2 Å². The second kappa shape index (κ2) is 10.5. The van der Waals surface area contributed by atoms with Crippen LogP contribution in [-0.4, -0.2) is 55.0 Å². The lowest BCUT2D eigenvalue weighted by Gasteiger charge is -2.37. The molecule has 182 valence electrons. The van der Waals surface area contributed by atoms with E-state index in [1.54, 1.807) is 47.6 Å². The van der Waals surface area contributed by atoms with Crippen molar-refractivity contribution >= 4 is 23.2 Å². The summed E-state index contributed by atoms with van der Waals surface area (Å²) in [6.45, 7) is 1.69. The van der Waals surface area contributed by atoms with Crippen molar-refractivity contribution in [2.24, 2.45) is 5.92 Å². The maximum absolute atomic E-state index is 13.7. The zero-order valence-electron chi connectivity index (χ0n) is 19.9. The Kier molecular flexibility index (Phi) is 7.04. The lowest BCUT2D eigenvalue weighted by Crippen LogP contribution is -2.48. The Balaban J connectivity index is 1.33. The number of carbonyl (C=O) groups excluding carboxylic acids is 2. The number of benzene rings is 2. The zero-order valence-corrected chi connectivity index (χ0v) is 20.7. The summed E-state index contributed by atoms with van der Waals surface area (Å²) in [4.78, 5) is 32.0. The van der Waals surface area contributed by atoms with Gasteiger partial charge in [-0.05, 0) is 78.6 Å². The van der Waals surface area contributed by atoms with Crippen molar-refractivity contribution in [1.29, 1.82) is 0 Å². The van der Waals surface area contributed by atoms with Crippen LogP contribution in [0.25, 0.3) is 0 Å². The number of fused-ring (bicyclic) bond motifs is 1. The second-order valence-corrected chi connectivity index (χ2v) is 10.1. The maximum atomic E-state index is 13.7. The molecule has 2 aliphatic rings. The van der Waals surface area contributed by atoms with E-state index in [-0.39, 0.29) is 24.4 Å². The number of rotatable bonds is 9. The summed E-state index contributed by atoms with van der Waals surface area (Å²) in [6.07, 6.45) is 3.04. The molecule has 1 aliphatic carbocycles. The smallest absolute Gasteiger partial charge is 0.254 e. The molecule has 0 N–H and O–H groups in total. The first kappa shape index (κ1) is 23.4. The summed E-state index contributed by atoms with van der Waals surface area (Å²) >= 11 is 1.73. The number of amides is 2. The molecule has 1 fully saturated rings. The second-order valence-electron chi connectivity index (χ2n) is 9.13. The van der Waals surface area contributed by atoms with Gasteiger partial charge in [-0.25, -0.2) is 0 Å². The van der Waals surface area contributed by atoms with Crippen LogP contribution in [0.2, 0.25) is 0 Å². The molecule has 3 aromatic rings. The third-order valence-electron chi connectivity index (χ3n) is 6.69. The molecular weight excluding hydrogens is 460 g/mol. The van der Waals surface area contributed by atoms with Crippen LogP contribution in [0.3, 0.4) is 0 Å². The predicted molar refractivity (Wildman–Crippen MR) is 136 cm³/mol. The van der Waals surface area contributed by atoms with Crippen LogP contribution in [0.1, 0.15) is 39.7 Å². The van der Waals surface area contributed by atoms with Gasteiger partial charge in [-0.15, -0.1) is 11.3 Å². The van der Waals surface area contributed by atoms with Crippen molar-refractivity contribution in [3.8, 4) is 11.5 Å². The van der Waals surface area contributed by atoms with E-state index in [0.717, 1.165) is 30.6 Å². The summed E-state index contributed by atoms with van der Waals surface area (Å²) in [5, 5.41) is 2.08. The largest absolute Gasteiger partial charge is 0.497 e. The normalized spacial score (nSPS) is 16.9. The Labute approximate surface area is 210 Å². The number of thiophene rings is 1. The van der Waals surface area contributed by atoms with Crippen molar-refractivity contribution in [2.45, 2.75) is 25.3 Å². The first-order valence-corrected chi connectivity index (χ1v) is 13.0. The van der Waals surface area contributed by atoms with Crippen LogP contribution in [0, 0.1) is 5.92 Å². The first-order chi connectivity index (χ1) is 17.1. The van der Waals surface area contributed by atoms with Crippen molar-refractivity contribution < 1.29 is 19.1 Å². The lowest BCUT2D eigenvalue weighted by atomic mass is 10.0. The monoisotopic (exact) mass is 490 g/mol. The van der Waals surface area contributed by atoms with E-state index in [0.29, 0.717) is 36.9 Å². The molecule has 2 heterocycles. The lowest BCUT2D eigenvalue weighted by molar-refractivity contribution is -0.135. The van der Waals surface area contributed by atoms with Crippen LogP contribution >= 0.6 is 11.3 Å². The molecule has 1 atom stereocenters. The number of methoxy groups -OCH3 is 1. The minimum absolute atomic E-state index is 0.0361. The summed E-state index contributed by atoms with van der Waals surface area (Å²) in [6, 6.07) is 18.7. The number of hydrogen-bond acceptors (Lipinski definition) is 5. The number of nitrogens with zero attached hydrogens (tertiary/aromatic N) is 2. The Morgan fingerprint density at radius 2 is 1.80 bits per heavy atom. The van der Waals surface area contributed by atoms with Crippen LogP contribution in [-0.2, 0) is 11.2 Å². The fourth-order valence-electron chi connectivity index (χ4n) is 4.57. The van der Waals surface area contributed by atoms with Gasteiger partial charge in [0.25, 0.3) is 5.91 Å². The minimum Gasteiger partial charge on any atom is -0.497 e. The van der Waals surface area contributed by atoms with Gasteiger partial charge in [0, 0.05) is 23.5 Å². The number of carbonyl (C=O) groups is 2. The molecule has 2 amide bonds. The predicted octanol–water partition coefficient (Wildman–Crippen LogP) is 4.81. The molecule has 0 spiro atoms. The van der Waals surface area contributed by atoms with Gasteiger partial charge in [0.15, 0.2) is 0 Å². The third kappa shape index (κ3) is 5.51. The fourth-order valence-corrected chi connectivity index (χ4v) is 5.50. The molecule has 0 saturated heterocycles. The van der Waals surface area contributed by atoms with Gasteiger partial charge in [0.05, 0.1) is 13.2 Å². The zero-order chi connectivity index (χ0) is 24.2. The number of ether oxygens (including phenoxy) is 2. The molecular formula is C28H30N2O4S. The molecule has 6 nitrogen and oxygen atoms in total. The van der Waals surface area contributed by atoms with Crippen molar-refractivity contribution in [3.63, 3.8) is 0 Å². The van der Waals surface area contributed by atoms with Gasteiger partial charge < -0.3 is 19.3 Å². The SMILES string of the molecule is COc1ccc(C(=O)N(CC(=O)N2CCc3sccc3C2COc2ccccc2)CC2CC2)cc1. The summed E-state index contributed by atoms with van der Waals surface area (Å²) in [5.41, 5.74) is 1.72. The molecule has 5 rings (SSSR count). The summed E-state index contributed by atoms with van der Waals surface area (Å²) in [7, 11) is 1.60. The first-order valence-electron chi connectivity index (χ1n) is 12.1. The quantitative estimate of drug-likeness (QED) is 0.432. The highest BCUT2D eigenvalue weighted by Gasteiger charge is 2.35. The standard InChI is InChI=1S/C28H30N2O4S/c1-33-22-11-9-21(10-12-22)28(32)29(17-20-7-8-20)18-27(31)30-15-13-26-24(14-16-35-26)25(30)19-34-23-5-3-2-4-6-23/h2-6,9-12,14,16,20,25H,7-8,13,15,17-19H2,1H3. The highest BCUT2D eigenvalue weighted by molar-refractivity contribution is 7.10. The van der Waals surface area contributed by atoms with E-state index in [4.69, 9.17) is 9.47 Å². The van der Waals surface area contributed by atoms with Gasteiger partial charge in [0.1, 0.15) is 24.7 Å². The Morgan fingerprint density at radius 1 is 1.03 bits per heavy atom. The number of para-hydroxylation sites is 1. The highest BCUT2D eigenvalue weighted by atomic mass is 32.1.